The van der Waals surface area contributed by atoms with E-state index < -0.39 is 0 Å². The van der Waals surface area contributed by atoms with E-state index in [0.29, 0.717) is 5.41 Å². The number of unbranched alkanes of at least 4 members (excludes halogenated alkanes) is 2. The highest BCUT2D eigenvalue weighted by Gasteiger charge is 2.08. The molecule has 0 heterocycles. The quantitative estimate of drug-likeness (QED) is 0.569. The van der Waals surface area contributed by atoms with Gasteiger partial charge >= 0.3 is 0 Å². The number of hydrogen-bond donors (Lipinski definition) is 0. The van der Waals surface area contributed by atoms with Crippen LogP contribution in [0.15, 0.2) is 0 Å². The van der Waals surface area contributed by atoms with Crippen LogP contribution in [-0.2, 0) is 0 Å². The van der Waals surface area contributed by atoms with Crippen molar-refractivity contribution in [3.8, 4) is 0 Å². The summed E-state index contributed by atoms with van der Waals surface area (Å²) < 4.78 is 0. The maximum atomic E-state index is 2.31. The molecule has 0 aliphatic carbocycles. The van der Waals surface area contributed by atoms with E-state index in [-0.39, 0.29) is 0 Å². The van der Waals surface area contributed by atoms with Crippen LogP contribution in [0.5, 0.6) is 0 Å². The zero-order valence-corrected chi connectivity index (χ0v) is 9.26. The first kappa shape index (κ1) is 11.4. The Hall–Kier alpha value is 0.350. The van der Waals surface area contributed by atoms with Crippen LogP contribution >= 0.6 is 11.8 Å². The molecule has 0 aliphatic rings. The number of rotatable bonds is 5. The van der Waals surface area contributed by atoms with Gasteiger partial charge < -0.3 is 0 Å². The third-order valence-corrected chi connectivity index (χ3v) is 3.07. The highest BCUT2D eigenvalue weighted by Crippen LogP contribution is 2.21. The fraction of sp³-hybridized carbons (Fsp3) is 1.00. The van der Waals surface area contributed by atoms with Gasteiger partial charge in [0.1, 0.15) is 0 Å². The van der Waals surface area contributed by atoms with E-state index in [9.17, 15) is 0 Å². The normalized spacial score (nSPS) is 12.0. The molecule has 0 radical (unpaired) electrons. The molecule has 0 fully saturated rings. The molecular formula is C10H22S. The molecule has 0 bridgehead atoms. The molecule has 0 saturated carbocycles. The van der Waals surface area contributed by atoms with E-state index in [1.165, 1.54) is 30.8 Å². The summed E-state index contributed by atoms with van der Waals surface area (Å²) in [5.41, 5.74) is 0.511. The molecule has 0 rings (SSSR count). The van der Waals surface area contributed by atoms with E-state index in [2.05, 4.69) is 39.5 Å². The summed E-state index contributed by atoms with van der Waals surface area (Å²) in [6, 6.07) is 0. The van der Waals surface area contributed by atoms with Crippen LogP contribution in [0.25, 0.3) is 0 Å². The van der Waals surface area contributed by atoms with Crippen LogP contribution in [0, 0.1) is 5.41 Å². The lowest BCUT2D eigenvalue weighted by molar-refractivity contribution is 0.480. The molecule has 0 N–H and O–H groups in total. The van der Waals surface area contributed by atoms with Crippen LogP contribution in [0.2, 0.25) is 0 Å². The molecule has 0 aliphatic heterocycles. The van der Waals surface area contributed by atoms with E-state index in [4.69, 9.17) is 0 Å². The third kappa shape index (κ3) is 10.4. The van der Waals surface area contributed by atoms with Crippen molar-refractivity contribution >= 4 is 11.8 Å². The molecule has 11 heavy (non-hydrogen) atoms. The third-order valence-electron chi connectivity index (χ3n) is 1.43. The van der Waals surface area contributed by atoms with Crippen molar-refractivity contribution in [2.24, 2.45) is 5.41 Å². The summed E-state index contributed by atoms with van der Waals surface area (Å²) in [6.07, 6.45) is 4.14. The minimum atomic E-state index is 0.511. The number of thioether (sulfide) groups is 1. The summed E-state index contributed by atoms with van der Waals surface area (Å²) in [6.45, 7) is 9.17. The lowest BCUT2D eigenvalue weighted by atomic mass is 10.0. The van der Waals surface area contributed by atoms with Crippen LogP contribution in [0.1, 0.15) is 47.0 Å². The van der Waals surface area contributed by atoms with Gasteiger partial charge in [-0.15, -0.1) is 0 Å². The molecule has 0 aromatic heterocycles. The largest absolute Gasteiger partial charge is 0.161 e. The highest BCUT2D eigenvalue weighted by molar-refractivity contribution is 7.99. The van der Waals surface area contributed by atoms with Gasteiger partial charge in [0, 0.05) is 0 Å². The van der Waals surface area contributed by atoms with Crippen LogP contribution in [0.4, 0.5) is 0 Å². The van der Waals surface area contributed by atoms with Gasteiger partial charge in [0.05, 0.1) is 0 Å². The molecule has 0 aromatic carbocycles. The first-order valence-electron chi connectivity index (χ1n) is 4.64. The zero-order valence-electron chi connectivity index (χ0n) is 8.44. The van der Waals surface area contributed by atoms with Crippen molar-refractivity contribution in [1.29, 1.82) is 0 Å². The highest BCUT2D eigenvalue weighted by atomic mass is 32.2. The molecule has 0 atom stereocenters. The molecule has 0 nitrogen and oxygen atoms in total. The lowest BCUT2D eigenvalue weighted by Gasteiger charge is -2.16. The van der Waals surface area contributed by atoms with Gasteiger partial charge in [0.15, 0.2) is 0 Å². The standard InChI is InChI=1S/C10H22S/c1-5-6-7-8-11-9-10(2,3)4/h5-9H2,1-4H3. The monoisotopic (exact) mass is 174 g/mol. The maximum Gasteiger partial charge on any atom is -0.00187 e. The van der Waals surface area contributed by atoms with Gasteiger partial charge in [-0.25, -0.2) is 0 Å². The minimum absolute atomic E-state index is 0.511. The van der Waals surface area contributed by atoms with Crippen LogP contribution in [0.3, 0.4) is 0 Å². The van der Waals surface area contributed by atoms with Gasteiger partial charge in [-0.3, -0.25) is 0 Å². The summed E-state index contributed by atoms with van der Waals surface area (Å²) in [5, 5.41) is 0. The second-order valence-corrected chi connectivity index (χ2v) is 5.43. The van der Waals surface area contributed by atoms with Crippen molar-refractivity contribution in [3.05, 3.63) is 0 Å². The first-order valence-corrected chi connectivity index (χ1v) is 5.79. The molecule has 0 saturated heterocycles. The Bertz CT molecular complexity index is 81.4. The summed E-state index contributed by atoms with van der Waals surface area (Å²) >= 11 is 2.10. The molecule has 0 unspecified atom stereocenters. The Labute approximate surface area is 76.1 Å². The molecule has 0 aromatic rings. The van der Waals surface area contributed by atoms with E-state index in [0.717, 1.165) is 0 Å². The predicted octanol–water partition coefficient (Wildman–Crippen LogP) is 3.96. The number of hydrogen-bond acceptors (Lipinski definition) is 1. The van der Waals surface area contributed by atoms with Crippen molar-refractivity contribution in [3.63, 3.8) is 0 Å². The van der Waals surface area contributed by atoms with E-state index >= 15 is 0 Å². The molecule has 68 valence electrons. The Morgan fingerprint density at radius 2 is 1.73 bits per heavy atom. The van der Waals surface area contributed by atoms with Gasteiger partial charge in [0.25, 0.3) is 0 Å². The van der Waals surface area contributed by atoms with Gasteiger partial charge in [0.2, 0.25) is 0 Å². The van der Waals surface area contributed by atoms with Crippen molar-refractivity contribution < 1.29 is 0 Å². The summed E-state index contributed by atoms with van der Waals surface area (Å²) in [4.78, 5) is 0. The van der Waals surface area contributed by atoms with Gasteiger partial charge in [-0.1, -0.05) is 40.5 Å². The summed E-state index contributed by atoms with van der Waals surface area (Å²) in [5.74, 6) is 2.65. The lowest BCUT2D eigenvalue weighted by Crippen LogP contribution is -2.08. The second-order valence-electron chi connectivity index (χ2n) is 4.32. The smallest absolute Gasteiger partial charge is 0.00187 e. The Balaban J connectivity index is 3.02. The maximum absolute atomic E-state index is 2.31. The van der Waals surface area contributed by atoms with Crippen molar-refractivity contribution in [2.45, 2.75) is 47.0 Å². The Kier molecular flexibility index (Phi) is 6.12. The molecule has 1 heteroatoms. The predicted molar refractivity (Wildman–Crippen MR) is 56.3 cm³/mol. The summed E-state index contributed by atoms with van der Waals surface area (Å²) in [7, 11) is 0. The van der Waals surface area contributed by atoms with Gasteiger partial charge in [-0.05, 0) is 23.3 Å². The fourth-order valence-corrected chi connectivity index (χ4v) is 2.00. The minimum Gasteiger partial charge on any atom is -0.161 e. The SMILES string of the molecule is CCCCCSCC(C)(C)C. The molecular weight excluding hydrogens is 152 g/mol. The van der Waals surface area contributed by atoms with Crippen LogP contribution in [-0.4, -0.2) is 11.5 Å². The first-order chi connectivity index (χ1) is 5.06. The second kappa shape index (κ2) is 5.93. The van der Waals surface area contributed by atoms with E-state index in [1.807, 2.05) is 0 Å². The van der Waals surface area contributed by atoms with Crippen molar-refractivity contribution in [1.82, 2.24) is 0 Å². The topological polar surface area (TPSA) is 0 Å². The Morgan fingerprint density at radius 1 is 1.09 bits per heavy atom. The fourth-order valence-electron chi connectivity index (χ4n) is 0.832. The van der Waals surface area contributed by atoms with Crippen LogP contribution < -0.4 is 0 Å². The van der Waals surface area contributed by atoms with E-state index in [1.54, 1.807) is 0 Å². The average molecular weight is 174 g/mol. The molecule has 0 amide bonds. The average Bonchev–Trinajstić information content (AvgIpc) is 1.85. The Morgan fingerprint density at radius 3 is 2.18 bits per heavy atom. The van der Waals surface area contributed by atoms with Crippen molar-refractivity contribution in [2.75, 3.05) is 11.5 Å². The zero-order chi connectivity index (χ0) is 8.74. The molecule has 0 spiro atoms. The van der Waals surface area contributed by atoms with Gasteiger partial charge in [-0.2, -0.15) is 11.8 Å².